The average molecular weight is 652 g/mol. The molecule has 0 spiro atoms. The molecular formula is C47H41NO2. The van der Waals surface area contributed by atoms with Crippen LogP contribution in [0.15, 0.2) is 114 Å². The molecule has 6 aromatic carbocycles. The number of nitrogens with zero attached hydrogens (tertiary/aromatic N) is 1. The molecule has 50 heavy (non-hydrogen) atoms. The van der Waals surface area contributed by atoms with Gasteiger partial charge in [0.25, 0.3) is 0 Å². The molecule has 0 aromatic heterocycles. The maximum atomic E-state index is 13.8. The molecule has 2 aliphatic rings. The molecule has 1 heterocycles. The lowest BCUT2D eigenvalue weighted by Gasteiger charge is -2.30. The molecule has 246 valence electrons. The fourth-order valence-corrected chi connectivity index (χ4v) is 8.86. The number of benzene rings is 6. The van der Waals surface area contributed by atoms with E-state index in [1.165, 1.54) is 60.8 Å². The van der Waals surface area contributed by atoms with Crippen molar-refractivity contribution in [1.29, 1.82) is 0 Å². The predicted octanol–water partition coefficient (Wildman–Crippen LogP) is 11.8. The van der Waals surface area contributed by atoms with Gasteiger partial charge in [0.2, 0.25) is 0 Å². The van der Waals surface area contributed by atoms with E-state index >= 15 is 0 Å². The van der Waals surface area contributed by atoms with Crippen LogP contribution in [0.4, 0.5) is 11.4 Å². The Hall–Kier alpha value is -5.54. The highest BCUT2D eigenvalue weighted by atomic mass is 16.2. The summed E-state index contributed by atoms with van der Waals surface area (Å²) in [7, 11) is 0. The van der Waals surface area contributed by atoms with Gasteiger partial charge in [-0.1, -0.05) is 91.7 Å². The first kappa shape index (κ1) is 31.7. The van der Waals surface area contributed by atoms with Gasteiger partial charge in [-0.3, -0.25) is 9.59 Å². The summed E-state index contributed by atoms with van der Waals surface area (Å²) in [6.45, 7) is 17.5. The summed E-state index contributed by atoms with van der Waals surface area (Å²) >= 11 is 0. The number of ketones is 2. The first-order valence-corrected chi connectivity index (χ1v) is 17.4. The average Bonchev–Trinajstić information content (AvgIpc) is 3.42. The summed E-state index contributed by atoms with van der Waals surface area (Å²) in [5.41, 5.74) is 15.2. The highest BCUT2D eigenvalue weighted by Gasteiger charge is 2.43. The minimum atomic E-state index is -0.445. The van der Waals surface area contributed by atoms with Gasteiger partial charge in [-0.2, -0.15) is 0 Å². The van der Waals surface area contributed by atoms with E-state index in [1.807, 2.05) is 42.5 Å². The standard InChI is InChI=1S/C47H41NO2/c1-26-19-28(3)42(29(4)20-26)35-13-15-36-34(23-35)14-17-40-43(36)47(7,8)41(48(40)44-30(5)21-27(2)22-31(44)6)18-16-37-45(49)38-24-32-11-9-10-12-33(32)25-39(38)46(37)50/h9-25H,1-8H3/b41-18+. The lowest BCUT2D eigenvalue weighted by molar-refractivity contribution is 0.0988. The number of rotatable bonds is 3. The molecule has 0 unspecified atom stereocenters. The maximum absolute atomic E-state index is 13.8. The number of aryl methyl sites for hydroxylation is 6. The second-order valence-corrected chi connectivity index (χ2v) is 14.9. The SMILES string of the molecule is Cc1cc(C)c(-c2ccc3c4c(ccc3c2)N(c2c(C)cc(C)cc2C)/C(=C/C=C2C(=O)c3cc5ccccc5cc3C2=O)C4(C)C)c(C)c1. The van der Waals surface area contributed by atoms with Gasteiger partial charge in [-0.15, -0.1) is 0 Å². The molecule has 0 saturated carbocycles. The second kappa shape index (κ2) is 11.2. The third-order valence-electron chi connectivity index (χ3n) is 10.8. The highest BCUT2D eigenvalue weighted by Crippen LogP contribution is 2.55. The Morgan fingerprint density at radius 3 is 1.72 bits per heavy atom. The van der Waals surface area contributed by atoms with Crippen molar-refractivity contribution >= 4 is 44.5 Å². The third-order valence-corrected chi connectivity index (χ3v) is 10.8. The predicted molar refractivity (Wildman–Crippen MR) is 208 cm³/mol. The first-order valence-electron chi connectivity index (χ1n) is 17.4. The van der Waals surface area contributed by atoms with Crippen LogP contribution in [0.2, 0.25) is 0 Å². The van der Waals surface area contributed by atoms with Gasteiger partial charge < -0.3 is 4.90 Å². The van der Waals surface area contributed by atoms with E-state index in [4.69, 9.17) is 0 Å². The van der Waals surface area contributed by atoms with Gasteiger partial charge in [0.15, 0.2) is 11.6 Å². The van der Waals surface area contributed by atoms with E-state index in [0.29, 0.717) is 11.1 Å². The molecule has 8 rings (SSSR count). The van der Waals surface area contributed by atoms with Crippen molar-refractivity contribution in [3.05, 3.63) is 164 Å². The van der Waals surface area contributed by atoms with Crippen LogP contribution >= 0.6 is 0 Å². The normalized spacial score (nSPS) is 15.8. The number of carbonyl (C=O) groups is 2. The Morgan fingerprint density at radius 1 is 0.580 bits per heavy atom. The van der Waals surface area contributed by atoms with E-state index in [9.17, 15) is 9.59 Å². The van der Waals surface area contributed by atoms with Crippen molar-refractivity contribution in [1.82, 2.24) is 0 Å². The summed E-state index contributed by atoms with van der Waals surface area (Å²) < 4.78 is 0. The molecule has 6 aromatic rings. The van der Waals surface area contributed by atoms with Crippen LogP contribution in [0, 0.1) is 41.5 Å². The Kier molecular flexibility index (Phi) is 7.13. The molecule has 0 saturated heterocycles. The molecule has 0 atom stereocenters. The Labute approximate surface area is 294 Å². The van der Waals surface area contributed by atoms with Gasteiger partial charge in [-0.25, -0.2) is 0 Å². The van der Waals surface area contributed by atoms with Crippen LogP contribution in [0.3, 0.4) is 0 Å². The van der Waals surface area contributed by atoms with E-state index in [0.717, 1.165) is 27.8 Å². The van der Waals surface area contributed by atoms with Crippen molar-refractivity contribution in [3.8, 4) is 11.1 Å². The van der Waals surface area contributed by atoms with Crippen molar-refractivity contribution < 1.29 is 9.59 Å². The molecule has 0 N–H and O–H groups in total. The quantitative estimate of drug-likeness (QED) is 0.141. The topological polar surface area (TPSA) is 37.4 Å². The highest BCUT2D eigenvalue weighted by molar-refractivity contribution is 6.40. The minimum absolute atomic E-state index is 0.213. The molecule has 3 heteroatoms. The number of fused-ring (bicyclic) bond motifs is 5. The summed E-state index contributed by atoms with van der Waals surface area (Å²) in [4.78, 5) is 29.9. The summed E-state index contributed by atoms with van der Waals surface area (Å²) in [6.07, 6.45) is 3.79. The van der Waals surface area contributed by atoms with Gasteiger partial charge in [0, 0.05) is 22.2 Å². The minimum Gasteiger partial charge on any atom is -0.312 e. The number of anilines is 2. The summed E-state index contributed by atoms with van der Waals surface area (Å²) in [5, 5.41) is 4.31. The fraction of sp³-hybridized carbons (Fsp3) is 0.191. The lowest BCUT2D eigenvalue weighted by Crippen LogP contribution is -2.24. The van der Waals surface area contributed by atoms with Gasteiger partial charge in [-0.05, 0) is 138 Å². The van der Waals surface area contributed by atoms with E-state index in [-0.39, 0.29) is 17.1 Å². The largest absolute Gasteiger partial charge is 0.312 e. The summed E-state index contributed by atoms with van der Waals surface area (Å²) in [5.74, 6) is -0.426. The van der Waals surface area contributed by atoms with Crippen LogP contribution in [0.25, 0.3) is 32.7 Å². The van der Waals surface area contributed by atoms with Crippen LogP contribution in [0.5, 0.6) is 0 Å². The van der Waals surface area contributed by atoms with Crippen LogP contribution in [-0.4, -0.2) is 11.6 Å². The molecule has 1 aliphatic heterocycles. The van der Waals surface area contributed by atoms with Crippen LogP contribution in [-0.2, 0) is 5.41 Å². The monoisotopic (exact) mass is 651 g/mol. The van der Waals surface area contributed by atoms with Gasteiger partial charge in [0.1, 0.15) is 0 Å². The van der Waals surface area contributed by atoms with Gasteiger partial charge >= 0.3 is 0 Å². The number of hydrogen-bond donors (Lipinski definition) is 0. The molecule has 0 amide bonds. The second-order valence-electron chi connectivity index (χ2n) is 14.9. The zero-order chi connectivity index (χ0) is 35.2. The van der Waals surface area contributed by atoms with Crippen molar-refractivity contribution in [2.45, 2.75) is 60.8 Å². The zero-order valence-corrected chi connectivity index (χ0v) is 30.1. The van der Waals surface area contributed by atoms with E-state index < -0.39 is 5.41 Å². The summed E-state index contributed by atoms with van der Waals surface area (Å²) in [6, 6.07) is 31.9. The first-order chi connectivity index (χ1) is 23.8. The van der Waals surface area contributed by atoms with Crippen LogP contribution < -0.4 is 4.90 Å². The van der Waals surface area contributed by atoms with E-state index in [2.05, 4.69) is 115 Å². The number of hydrogen-bond acceptors (Lipinski definition) is 3. The molecule has 0 radical (unpaired) electrons. The van der Waals surface area contributed by atoms with Crippen molar-refractivity contribution in [3.63, 3.8) is 0 Å². The molecule has 1 aliphatic carbocycles. The lowest BCUT2D eigenvalue weighted by atomic mass is 9.80. The number of allylic oxidation sites excluding steroid dienone is 4. The van der Waals surface area contributed by atoms with Crippen molar-refractivity contribution in [2.75, 3.05) is 4.90 Å². The number of Topliss-reactive ketones (excluding diaryl/α,β-unsaturated/α-hetero) is 2. The van der Waals surface area contributed by atoms with E-state index in [1.54, 1.807) is 6.08 Å². The Balaban J connectivity index is 1.32. The zero-order valence-electron chi connectivity index (χ0n) is 30.1. The van der Waals surface area contributed by atoms with Gasteiger partial charge in [0.05, 0.1) is 16.9 Å². The van der Waals surface area contributed by atoms with Crippen LogP contribution in [0.1, 0.15) is 73.5 Å². The molecule has 0 fully saturated rings. The molecular weight excluding hydrogens is 611 g/mol. The molecule has 3 nitrogen and oxygen atoms in total. The Bertz CT molecular complexity index is 2460. The fourth-order valence-electron chi connectivity index (χ4n) is 8.86. The smallest absolute Gasteiger partial charge is 0.197 e. The third kappa shape index (κ3) is 4.71. The molecule has 0 bridgehead atoms. The maximum Gasteiger partial charge on any atom is 0.197 e. The Morgan fingerprint density at radius 2 is 1.14 bits per heavy atom. The van der Waals surface area contributed by atoms with Crippen molar-refractivity contribution in [2.24, 2.45) is 0 Å². The number of carbonyl (C=O) groups excluding carboxylic acids is 2.